The van der Waals surface area contributed by atoms with Crippen molar-refractivity contribution in [2.75, 3.05) is 0 Å². The minimum absolute atomic E-state index is 0.459. The minimum Gasteiger partial charge on any atom is -0.428 e. The molecular weight excluding hydrogens is 230 g/mol. The lowest BCUT2D eigenvalue weighted by Gasteiger charge is -2.20. The monoisotopic (exact) mass is 239 g/mol. The first-order chi connectivity index (χ1) is 7.43. The highest BCUT2D eigenvalue weighted by atomic mass is 35.5. The summed E-state index contributed by atoms with van der Waals surface area (Å²) in [6.45, 7) is 3.37. The number of alkyl carbamates (subject to hydrolysis) is 1. The summed E-state index contributed by atoms with van der Waals surface area (Å²) in [6, 6.07) is 5.09. The first kappa shape index (κ1) is 11.0. The molecule has 1 aromatic carbocycles. The van der Waals surface area contributed by atoms with Gasteiger partial charge in [-0.3, -0.25) is 10.1 Å². The van der Waals surface area contributed by atoms with Crippen LogP contribution in [0.25, 0.3) is 0 Å². The molecule has 84 valence electrons. The van der Waals surface area contributed by atoms with E-state index in [1.165, 1.54) is 0 Å². The van der Waals surface area contributed by atoms with Gasteiger partial charge in [0.05, 0.1) is 0 Å². The number of hydrogen-bond donors (Lipinski definition) is 1. The SMILES string of the molecule is Cc1cc([C@@]2(C)OC(=O)NC2=O)ccc1Cl. The highest BCUT2D eigenvalue weighted by Crippen LogP contribution is 2.31. The van der Waals surface area contributed by atoms with E-state index in [1.807, 2.05) is 6.92 Å². The van der Waals surface area contributed by atoms with Gasteiger partial charge in [0.1, 0.15) is 0 Å². The second kappa shape index (κ2) is 3.49. The number of benzene rings is 1. The molecule has 1 fully saturated rings. The number of ether oxygens (including phenoxy) is 1. The zero-order chi connectivity index (χ0) is 11.9. The van der Waals surface area contributed by atoms with Gasteiger partial charge in [-0.15, -0.1) is 0 Å². The minimum atomic E-state index is -1.26. The Kier molecular flexibility index (Phi) is 2.39. The molecule has 1 heterocycles. The fourth-order valence-corrected chi connectivity index (χ4v) is 1.72. The normalized spacial score (nSPS) is 24.2. The molecule has 1 aromatic rings. The lowest BCUT2D eigenvalue weighted by atomic mass is 9.94. The molecule has 0 spiro atoms. The van der Waals surface area contributed by atoms with Crippen molar-refractivity contribution < 1.29 is 14.3 Å². The van der Waals surface area contributed by atoms with Gasteiger partial charge in [0.25, 0.3) is 5.91 Å². The smallest absolute Gasteiger partial charge is 0.415 e. The van der Waals surface area contributed by atoms with Crippen LogP contribution in [0.15, 0.2) is 18.2 Å². The van der Waals surface area contributed by atoms with Gasteiger partial charge in [0.2, 0.25) is 5.60 Å². The van der Waals surface area contributed by atoms with Gasteiger partial charge in [0.15, 0.2) is 0 Å². The van der Waals surface area contributed by atoms with Crippen molar-refractivity contribution in [2.24, 2.45) is 0 Å². The molecule has 0 unspecified atom stereocenters. The van der Waals surface area contributed by atoms with Crippen LogP contribution >= 0.6 is 11.6 Å². The third-order valence-corrected chi connectivity index (χ3v) is 3.08. The van der Waals surface area contributed by atoms with E-state index in [2.05, 4.69) is 5.32 Å². The Morgan fingerprint density at radius 1 is 1.38 bits per heavy atom. The number of imide groups is 1. The molecule has 4 nitrogen and oxygen atoms in total. The Balaban J connectivity index is 2.47. The van der Waals surface area contributed by atoms with E-state index in [1.54, 1.807) is 25.1 Å². The molecule has 0 aromatic heterocycles. The summed E-state index contributed by atoms with van der Waals surface area (Å²) in [7, 11) is 0. The Hall–Kier alpha value is -1.55. The van der Waals surface area contributed by atoms with Gasteiger partial charge in [-0.25, -0.2) is 4.79 Å². The van der Waals surface area contributed by atoms with Crippen molar-refractivity contribution >= 4 is 23.6 Å². The molecule has 2 amide bonds. The highest BCUT2D eigenvalue weighted by molar-refractivity contribution is 6.31. The van der Waals surface area contributed by atoms with Crippen LogP contribution in [0.4, 0.5) is 4.79 Å². The molecule has 1 aliphatic rings. The predicted molar refractivity (Wildman–Crippen MR) is 58.2 cm³/mol. The summed E-state index contributed by atoms with van der Waals surface area (Å²) in [5, 5.41) is 2.72. The number of cyclic esters (lactones) is 1. The van der Waals surface area contributed by atoms with Crippen LogP contribution in [-0.4, -0.2) is 12.0 Å². The van der Waals surface area contributed by atoms with E-state index in [0.717, 1.165) is 5.56 Å². The van der Waals surface area contributed by atoms with Gasteiger partial charge >= 0.3 is 6.09 Å². The largest absolute Gasteiger partial charge is 0.428 e. The van der Waals surface area contributed by atoms with E-state index in [4.69, 9.17) is 16.3 Å². The number of rotatable bonds is 1. The molecule has 1 atom stereocenters. The summed E-state index contributed by atoms with van der Waals surface area (Å²) in [5.41, 5.74) is 0.181. The van der Waals surface area contributed by atoms with Gasteiger partial charge in [-0.2, -0.15) is 0 Å². The predicted octanol–water partition coefficient (Wildman–Crippen LogP) is 2.13. The maximum atomic E-state index is 11.6. The number of hydrogen-bond acceptors (Lipinski definition) is 3. The molecule has 1 aliphatic heterocycles. The molecule has 0 aliphatic carbocycles. The number of aryl methyl sites for hydroxylation is 1. The third-order valence-electron chi connectivity index (χ3n) is 2.65. The molecule has 0 radical (unpaired) electrons. The van der Waals surface area contributed by atoms with E-state index >= 15 is 0 Å². The van der Waals surface area contributed by atoms with E-state index < -0.39 is 17.6 Å². The Morgan fingerprint density at radius 2 is 2.06 bits per heavy atom. The van der Waals surface area contributed by atoms with Gasteiger partial charge in [0, 0.05) is 10.6 Å². The van der Waals surface area contributed by atoms with E-state index in [-0.39, 0.29) is 0 Å². The molecular formula is C11H10ClNO3. The number of amides is 2. The van der Waals surface area contributed by atoms with Gasteiger partial charge < -0.3 is 4.74 Å². The van der Waals surface area contributed by atoms with Crippen LogP contribution in [0, 0.1) is 6.92 Å². The third kappa shape index (κ3) is 1.55. The number of carbonyl (C=O) groups excluding carboxylic acids is 2. The zero-order valence-electron chi connectivity index (χ0n) is 8.83. The fraction of sp³-hybridized carbons (Fsp3) is 0.273. The first-order valence-electron chi connectivity index (χ1n) is 4.74. The summed E-state index contributed by atoms with van der Waals surface area (Å²) in [5.74, 6) is -0.459. The van der Waals surface area contributed by atoms with Gasteiger partial charge in [-0.05, 0) is 25.5 Å². The maximum absolute atomic E-state index is 11.6. The van der Waals surface area contributed by atoms with Crippen molar-refractivity contribution in [1.29, 1.82) is 0 Å². The van der Waals surface area contributed by atoms with E-state index in [0.29, 0.717) is 10.6 Å². The average Bonchev–Trinajstić information content (AvgIpc) is 2.46. The molecule has 0 bridgehead atoms. The summed E-state index contributed by atoms with van der Waals surface area (Å²) < 4.78 is 5.00. The second-order valence-corrected chi connectivity index (χ2v) is 4.25. The van der Waals surface area contributed by atoms with Gasteiger partial charge in [-0.1, -0.05) is 23.7 Å². The van der Waals surface area contributed by atoms with Crippen LogP contribution in [0.3, 0.4) is 0 Å². The van der Waals surface area contributed by atoms with Crippen LogP contribution in [0.1, 0.15) is 18.1 Å². The zero-order valence-corrected chi connectivity index (χ0v) is 9.59. The van der Waals surface area contributed by atoms with Crippen LogP contribution in [-0.2, 0) is 15.1 Å². The highest BCUT2D eigenvalue weighted by Gasteiger charge is 2.46. The summed E-state index contributed by atoms with van der Waals surface area (Å²) in [4.78, 5) is 22.6. The van der Waals surface area contributed by atoms with E-state index in [9.17, 15) is 9.59 Å². The van der Waals surface area contributed by atoms with Crippen molar-refractivity contribution in [3.05, 3.63) is 34.3 Å². The fourth-order valence-electron chi connectivity index (χ4n) is 1.60. The standard InChI is InChI=1S/C11H10ClNO3/c1-6-5-7(3-4-8(6)12)11(2)9(14)13-10(15)16-11/h3-5H,1-2H3,(H,13,14,15)/t11-/m1/s1. The van der Waals surface area contributed by atoms with Crippen molar-refractivity contribution in [1.82, 2.24) is 5.32 Å². The quantitative estimate of drug-likeness (QED) is 0.817. The van der Waals surface area contributed by atoms with Crippen LogP contribution in [0.5, 0.6) is 0 Å². The Labute approximate surface area is 97.5 Å². The van der Waals surface area contributed by atoms with Crippen LogP contribution < -0.4 is 5.32 Å². The lowest BCUT2D eigenvalue weighted by Crippen LogP contribution is -2.33. The Morgan fingerprint density at radius 3 is 2.56 bits per heavy atom. The molecule has 1 N–H and O–H groups in total. The first-order valence-corrected chi connectivity index (χ1v) is 5.12. The van der Waals surface area contributed by atoms with Crippen LogP contribution in [0.2, 0.25) is 5.02 Å². The molecule has 1 saturated heterocycles. The maximum Gasteiger partial charge on any atom is 0.415 e. The molecule has 5 heteroatoms. The van der Waals surface area contributed by atoms with Crippen molar-refractivity contribution in [3.8, 4) is 0 Å². The van der Waals surface area contributed by atoms with Crippen molar-refractivity contribution in [3.63, 3.8) is 0 Å². The van der Waals surface area contributed by atoms with Crippen molar-refractivity contribution in [2.45, 2.75) is 19.4 Å². The Bertz CT molecular complexity index is 486. The molecule has 16 heavy (non-hydrogen) atoms. The summed E-state index contributed by atoms with van der Waals surface area (Å²) in [6.07, 6.45) is -0.722. The molecule has 0 saturated carbocycles. The average molecular weight is 240 g/mol. The topological polar surface area (TPSA) is 55.4 Å². The number of nitrogens with one attached hydrogen (secondary N) is 1. The summed E-state index contributed by atoms with van der Waals surface area (Å²) >= 11 is 5.89. The second-order valence-electron chi connectivity index (χ2n) is 3.84. The number of halogens is 1. The lowest BCUT2D eigenvalue weighted by molar-refractivity contribution is -0.130. The number of carbonyl (C=O) groups is 2. The molecule has 2 rings (SSSR count).